The third-order valence-electron chi connectivity index (χ3n) is 4.47. The Morgan fingerprint density at radius 3 is 2.64 bits per heavy atom. The summed E-state index contributed by atoms with van der Waals surface area (Å²) in [6, 6.07) is 20.8. The van der Waals surface area contributed by atoms with E-state index in [9.17, 15) is 0 Å². The smallest absolute Gasteiger partial charge is 0.222 e. The molecule has 5 heteroatoms. The molecule has 1 heterocycles. The highest BCUT2D eigenvalue weighted by molar-refractivity contribution is 5.34. The fourth-order valence-electron chi connectivity index (χ4n) is 2.99. The Bertz CT molecular complexity index is 814. The van der Waals surface area contributed by atoms with Crippen LogP contribution in [0.3, 0.4) is 0 Å². The van der Waals surface area contributed by atoms with Gasteiger partial charge < -0.3 is 20.3 Å². The monoisotopic (exact) mass is 335 g/mol. The number of aromatic nitrogens is 1. The predicted molar refractivity (Wildman–Crippen MR) is 96.1 cm³/mol. The van der Waals surface area contributed by atoms with E-state index in [0.29, 0.717) is 31.0 Å². The molecule has 4 rings (SSSR count). The second-order valence-electron chi connectivity index (χ2n) is 6.39. The molecule has 0 spiro atoms. The fraction of sp³-hybridized carbons (Fsp3) is 0.250. The van der Waals surface area contributed by atoms with E-state index in [2.05, 4.69) is 34.7 Å². The first kappa shape index (κ1) is 15.7. The minimum Gasteiger partial charge on any atom is -0.489 e. The molecule has 0 saturated heterocycles. The molecule has 1 saturated carbocycles. The maximum atomic E-state index is 5.84. The maximum absolute atomic E-state index is 5.84. The summed E-state index contributed by atoms with van der Waals surface area (Å²) in [6.07, 6.45) is 1.14. The number of hydrogen-bond donors (Lipinski definition) is 2. The number of hydrogen-bond acceptors (Lipinski definition) is 5. The molecule has 1 aliphatic carbocycles. The Hall–Kier alpha value is -2.79. The van der Waals surface area contributed by atoms with Gasteiger partial charge in [0, 0.05) is 24.6 Å². The summed E-state index contributed by atoms with van der Waals surface area (Å²) < 4.78 is 10.7. The molecule has 2 atom stereocenters. The topological polar surface area (TPSA) is 73.3 Å². The summed E-state index contributed by atoms with van der Waals surface area (Å²) in [6.45, 7) is 1.27. The molecule has 25 heavy (non-hydrogen) atoms. The van der Waals surface area contributed by atoms with Crippen molar-refractivity contribution in [2.45, 2.75) is 31.5 Å². The van der Waals surface area contributed by atoms with Gasteiger partial charge in [0.15, 0.2) is 0 Å². The first-order chi connectivity index (χ1) is 12.3. The maximum Gasteiger partial charge on any atom is 0.222 e. The van der Waals surface area contributed by atoms with Gasteiger partial charge in [-0.1, -0.05) is 47.6 Å². The van der Waals surface area contributed by atoms with Crippen molar-refractivity contribution < 1.29 is 9.26 Å². The molecule has 5 nitrogen and oxygen atoms in total. The Kier molecular flexibility index (Phi) is 4.39. The van der Waals surface area contributed by atoms with Crippen LogP contribution in [-0.2, 0) is 13.2 Å². The highest BCUT2D eigenvalue weighted by Crippen LogP contribution is 2.41. The van der Waals surface area contributed by atoms with E-state index in [-0.39, 0.29) is 0 Å². The first-order valence-electron chi connectivity index (χ1n) is 8.49. The van der Waals surface area contributed by atoms with E-state index in [1.54, 1.807) is 6.07 Å². The Labute approximate surface area is 146 Å². The number of benzene rings is 2. The number of anilines is 1. The fourth-order valence-corrected chi connectivity index (χ4v) is 2.99. The first-order valence-corrected chi connectivity index (χ1v) is 8.49. The average Bonchev–Trinajstić information content (AvgIpc) is 3.32. The van der Waals surface area contributed by atoms with Gasteiger partial charge in [0.1, 0.15) is 12.4 Å². The van der Waals surface area contributed by atoms with E-state index >= 15 is 0 Å². The van der Waals surface area contributed by atoms with Crippen LogP contribution in [0.25, 0.3) is 0 Å². The van der Waals surface area contributed by atoms with Crippen LogP contribution >= 0.6 is 0 Å². The average molecular weight is 335 g/mol. The molecule has 3 aromatic rings. The third-order valence-corrected chi connectivity index (χ3v) is 4.47. The minimum absolute atomic E-state index is 0.357. The number of ether oxygens (including phenoxy) is 1. The van der Waals surface area contributed by atoms with E-state index in [4.69, 9.17) is 15.0 Å². The van der Waals surface area contributed by atoms with Gasteiger partial charge in [0.05, 0.1) is 5.69 Å². The molecule has 1 aromatic heterocycles. The highest BCUT2D eigenvalue weighted by Gasteiger charge is 2.37. The Morgan fingerprint density at radius 1 is 1.12 bits per heavy atom. The zero-order chi connectivity index (χ0) is 17.1. The van der Waals surface area contributed by atoms with Crippen molar-refractivity contribution >= 4 is 5.88 Å². The number of nitrogen functional groups attached to an aromatic ring is 1. The molecule has 128 valence electrons. The summed E-state index contributed by atoms with van der Waals surface area (Å²) in [5, 5.41) is 7.38. The number of nitrogens with one attached hydrogen (secondary N) is 1. The van der Waals surface area contributed by atoms with Crippen LogP contribution in [0.1, 0.15) is 29.2 Å². The van der Waals surface area contributed by atoms with Gasteiger partial charge in [-0.3, -0.25) is 0 Å². The molecule has 2 unspecified atom stereocenters. The van der Waals surface area contributed by atoms with Crippen LogP contribution in [0.2, 0.25) is 0 Å². The number of rotatable bonds is 7. The largest absolute Gasteiger partial charge is 0.489 e. The number of nitrogens with two attached hydrogens (primary N) is 1. The van der Waals surface area contributed by atoms with Crippen molar-refractivity contribution in [3.05, 3.63) is 77.5 Å². The molecule has 0 aliphatic heterocycles. The van der Waals surface area contributed by atoms with E-state index in [1.165, 1.54) is 11.1 Å². The standard InChI is InChI=1S/C20H21N3O2/c21-20-10-16(23-25-20)12-22-19-11-18(19)15-6-8-17(9-7-15)24-13-14-4-2-1-3-5-14/h1-10,18-19,22H,11-13,21H2. The SMILES string of the molecule is Nc1cc(CNC2CC2c2ccc(OCc3ccccc3)cc2)no1. The quantitative estimate of drug-likeness (QED) is 0.691. The van der Waals surface area contributed by atoms with Crippen molar-refractivity contribution in [3.63, 3.8) is 0 Å². The minimum atomic E-state index is 0.357. The highest BCUT2D eigenvalue weighted by atomic mass is 16.5. The van der Waals surface area contributed by atoms with Crippen molar-refractivity contribution in [2.24, 2.45) is 0 Å². The molecule has 3 N–H and O–H groups in total. The van der Waals surface area contributed by atoms with Gasteiger partial charge in [-0.05, 0) is 29.7 Å². The van der Waals surface area contributed by atoms with Gasteiger partial charge in [-0.25, -0.2) is 0 Å². The molecule has 1 aliphatic rings. The van der Waals surface area contributed by atoms with Crippen LogP contribution in [0.4, 0.5) is 5.88 Å². The van der Waals surface area contributed by atoms with Crippen LogP contribution in [-0.4, -0.2) is 11.2 Å². The van der Waals surface area contributed by atoms with Crippen molar-refractivity contribution in [1.82, 2.24) is 10.5 Å². The van der Waals surface area contributed by atoms with Crippen LogP contribution in [0.15, 0.2) is 65.2 Å². The lowest BCUT2D eigenvalue weighted by Gasteiger charge is -2.07. The van der Waals surface area contributed by atoms with Crippen LogP contribution in [0.5, 0.6) is 5.75 Å². The summed E-state index contributed by atoms with van der Waals surface area (Å²) in [7, 11) is 0. The lowest BCUT2D eigenvalue weighted by Crippen LogP contribution is -2.17. The Balaban J connectivity index is 1.26. The summed E-state index contributed by atoms with van der Waals surface area (Å²) in [5.74, 6) is 1.80. The predicted octanol–water partition coefficient (Wildman–Crippen LogP) is 3.48. The van der Waals surface area contributed by atoms with Crippen molar-refractivity contribution in [2.75, 3.05) is 5.73 Å². The molecule has 2 aromatic carbocycles. The van der Waals surface area contributed by atoms with Gasteiger partial charge >= 0.3 is 0 Å². The van der Waals surface area contributed by atoms with Crippen molar-refractivity contribution in [1.29, 1.82) is 0 Å². The summed E-state index contributed by atoms with van der Waals surface area (Å²) >= 11 is 0. The second kappa shape index (κ2) is 6.99. The summed E-state index contributed by atoms with van der Waals surface area (Å²) in [5.41, 5.74) is 8.88. The lowest BCUT2D eigenvalue weighted by molar-refractivity contribution is 0.306. The van der Waals surface area contributed by atoms with Gasteiger partial charge in [0.2, 0.25) is 5.88 Å². The van der Waals surface area contributed by atoms with Gasteiger partial charge in [-0.15, -0.1) is 0 Å². The number of nitrogens with zero attached hydrogens (tertiary/aromatic N) is 1. The molecule has 1 fully saturated rings. The molecule has 0 bridgehead atoms. The second-order valence-corrected chi connectivity index (χ2v) is 6.39. The van der Waals surface area contributed by atoms with Crippen LogP contribution in [0, 0.1) is 0 Å². The van der Waals surface area contributed by atoms with Crippen LogP contribution < -0.4 is 15.8 Å². The van der Waals surface area contributed by atoms with Crippen molar-refractivity contribution in [3.8, 4) is 5.75 Å². The summed E-state index contributed by atoms with van der Waals surface area (Å²) in [4.78, 5) is 0. The van der Waals surface area contributed by atoms with Gasteiger partial charge in [-0.2, -0.15) is 0 Å². The molecular formula is C20H21N3O2. The molecule has 0 amide bonds. The Morgan fingerprint density at radius 2 is 1.92 bits per heavy atom. The van der Waals surface area contributed by atoms with E-state index in [0.717, 1.165) is 17.9 Å². The van der Waals surface area contributed by atoms with E-state index < -0.39 is 0 Å². The third kappa shape index (κ3) is 4.00. The normalized spacial score (nSPS) is 18.9. The zero-order valence-corrected chi connectivity index (χ0v) is 13.9. The van der Waals surface area contributed by atoms with E-state index in [1.807, 2.05) is 30.3 Å². The van der Waals surface area contributed by atoms with Gasteiger partial charge in [0.25, 0.3) is 0 Å². The molecular weight excluding hydrogens is 314 g/mol. The molecule has 0 radical (unpaired) electrons. The zero-order valence-electron chi connectivity index (χ0n) is 13.9. The lowest BCUT2D eigenvalue weighted by atomic mass is 10.1.